The maximum Gasteiger partial charge on any atom is 0.138 e. The van der Waals surface area contributed by atoms with Crippen LogP contribution in [0.3, 0.4) is 0 Å². The lowest BCUT2D eigenvalue weighted by atomic mass is 9.84. The summed E-state index contributed by atoms with van der Waals surface area (Å²) >= 11 is 0. The number of imidazole rings is 1. The second kappa shape index (κ2) is 5.61. The molecule has 102 valence electrons. The minimum atomic E-state index is 0.369. The van der Waals surface area contributed by atoms with Crippen molar-refractivity contribution in [1.82, 2.24) is 9.38 Å². The molecule has 0 aliphatic heterocycles. The number of aromatic nitrogens is 2. The molecule has 4 nitrogen and oxygen atoms in total. The molecule has 0 bridgehead atoms. The van der Waals surface area contributed by atoms with Gasteiger partial charge in [0.25, 0.3) is 0 Å². The van der Waals surface area contributed by atoms with Crippen molar-refractivity contribution in [3.8, 4) is 0 Å². The molecule has 2 aromatic rings. The van der Waals surface area contributed by atoms with E-state index in [2.05, 4.69) is 20.8 Å². The van der Waals surface area contributed by atoms with Crippen molar-refractivity contribution in [2.24, 2.45) is 11.7 Å². The highest BCUT2D eigenvalue weighted by Crippen LogP contribution is 2.28. The predicted octanol–water partition coefficient (Wildman–Crippen LogP) is 2.65. The van der Waals surface area contributed by atoms with Crippen LogP contribution in [0.25, 0.3) is 5.65 Å². The lowest BCUT2D eigenvalue weighted by Gasteiger charge is -2.31. The zero-order valence-corrected chi connectivity index (χ0v) is 11.3. The molecule has 1 atom stereocenters. The normalized spacial score (nSPS) is 18.6. The largest absolute Gasteiger partial charge is 0.367 e. The summed E-state index contributed by atoms with van der Waals surface area (Å²) in [7, 11) is 0. The number of rotatable bonds is 4. The molecule has 2 heterocycles. The van der Waals surface area contributed by atoms with Gasteiger partial charge in [-0.15, -0.1) is 0 Å². The standard InChI is InChI=1S/C15H22N4/c16-11-13(12-5-2-1-3-6-12)18-15-8-4-7-14-17-9-10-19(14)15/h4,7-10,12-13,18H,1-3,5-6,11,16H2. The molecule has 0 spiro atoms. The van der Waals surface area contributed by atoms with Crippen LogP contribution < -0.4 is 11.1 Å². The summed E-state index contributed by atoms with van der Waals surface area (Å²) in [5.74, 6) is 1.80. The number of nitrogens with one attached hydrogen (secondary N) is 1. The van der Waals surface area contributed by atoms with Gasteiger partial charge in [-0.05, 0) is 30.9 Å². The lowest BCUT2D eigenvalue weighted by molar-refractivity contribution is 0.320. The fourth-order valence-electron chi connectivity index (χ4n) is 3.16. The van der Waals surface area contributed by atoms with Gasteiger partial charge in [0, 0.05) is 25.0 Å². The van der Waals surface area contributed by atoms with Crippen LogP contribution in [0.4, 0.5) is 5.82 Å². The molecule has 0 saturated heterocycles. The van der Waals surface area contributed by atoms with Crippen LogP contribution >= 0.6 is 0 Å². The fourth-order valence-corrected chi connectivity index (χ4v) is 3.16. The molecule has 3 rings (SSSR count). The molecule has 0 amide bonds. The Morgan fingerprint density at radius 3 is 2.95 bits per heavy atom. The number of anilines is 1. The fraction of sp³-hybridized carbons (Fsp3) is 0.533. The topological polar surface area (TPSA) is 55.3 Å². The summed E-state index contributed by atoms with van der Waals surface area (Å²) in [4.78, 5) is 4.32. The van der Waals surface area contributed by atoms with E-state index in [1.165, 1.54) is 32.1 Å². The van der Waals surface area contributed by atoms with E-state index in [0.29, 0.717) is 18.5 Å². The first-order valence-electron chi connectivity index (χ1n) is 7.27. The van der Waals surface area contributed by atoms with Crippen molar-refractivity contribution in [3.05, 3.63) is 30.6 Å². The Labute approximate surface area is 114 Å². The summed E-state index contributed by atoms with van der Waals surface area (Å²) < 4.78 is 2.09. The molecule has 0 radical (unpaired) electrons. The summed E-state index contributed by atoms with van der Waals surface area (Å²) in [6, 6.07) is 6.52. The summed E-state index contributed by atoms with van der Waals surface area (Å²) in [6.07, 6.45) is 10.5. The van der Waals surface area contributed by atoms with Crippen molar-refractivity contribution in [1.29, 1.82) is 0 Å². The quantitative estimate of drug-likeness (QED) is 0.886. The highest BCUT2D eigenvalue weighted by Gasteiger charge is 2.22. The molecule has 1 aliphatic carbocycles. The third-order valence-corrected chi connectivity index (χ3v) is 4.23. The summed E-state index contributed by atoms with van der Waals surface area (Å²) in [6.45, 7) is 0.690. The van der Waals surface area contributed by atoms with Crippen LogP contribution in [-0.2, 0) is 0 Å². The number of hydrogen-bond acceptors (Lipinski definition) is 3. The van der Waals surface area contributed by atoms with Crippen LogP contribution in [0.1, 0.15) is 32.1 Å². The van der Waals surface area contributed by atoms with Crippen molar-refractivity contribution < 1.29 is 0 Å². The van der Waals surface area contributed by atoms with Gasteiger partial charge in [-0.2, -0.15) is 0 Å². The van der Waals surface area contributed by atoms with Gasteiger partial charge >= 0.3 is 0 Å². The smallest absolute Gasteiger partial charge is 0.138 e. The number of hydrogen-bond donors (Lipinski definition) is 2. The number of pyridine rings is 1. The maximum absolute atomic E-state index is 5.98. The van der Waals surface area contributed by atoms with E-state index < -0.39 is 0 Å². The summed E-state index contributed by atoms with van der Waals surface area (Å²) in [5.41, 5.74) is 6.96. The van der Waals surface area contributed by atoms with E-state index in [1.807, 2.05) is 24.5 Å². The monoisotopic (exact) mass is 258 g/mol. The highest BCUT2D eigenvalue weighted by molar-refractivity contribution is 5.50. The van der Waals surface area contributed by atoms with Crippen LogP contribution in [0.5, 0.6) is 0 Å². The van der Waals surface area contributed by atoms with Gasteiger partial charge in [0.05, 0.1) is 0 Å². The average molecular weight is 258 g/mol. The van der Waals surface area contributed by atoms with Crippen molar-refractivity contribution in [3.63, 3.8) is 0 Å². The van der Waals surface area contributed by atoms with Crippen molar-refractivity contribution in [2.45, 2.75) is 38.1 Å². The van der Waals surface area contributed by atoms with E-state index in [1.54, 1.807) is 0 Å². The average Bonchev–Trinajstić information content (AvgIpc) is 2.95. The number of nitrogens with zero attached hydrogens (tertiary/aromatic N) is 2. The van der Waals surface area contributed by atoms with Crippen LogP contribution in [-0.4, -0.2) is 22.0 Å². The summed E-state index contributed by atoms with van der Waals surface area (Å²) in [5, 5.41) is 3.63. The Bertz CT molecular complexity index is 528. The third-order valence-electron chi connectivity index (χ3n) is 4.23. The second-order valence-corrected chi connectivity index (χ2v) is 5.45. The zero-order valence-electron chi connectivity index (χ0n) is 11.3. The Kier molecular flexibility index (Phi) is 3.69. The molecule has 1 fully saturated rings. The lowest BCUT2D eigenvalue weighted by Crippen LogP contribution is -2.37. The second-order valence-electron chi connectivity index (χ2n) is 5.45. The molecule has 1 saturated carbocycles. The van der Waals surface area contributed by atoms with Gasteiger partial charge in [0.15, 0.2) is 0 Å². The number of fused-ring (bicyclic) bond motifs is 1. The Hall–Kier alpha value is -1.55. The number of nitrogens with two attached hydrogens (primary N) is 1. The van der Waals surface area contributed by atoms with Gasteiger partial charge in [0.1, 0.15) is 11.5 Å². The molecule has 4 heteroatoms. The maximum atomic E-state index is 5.98. The van der Waals surface area contributed by atoms with Crippen molar-refractivity contribution >= 4 is 11.5 Å². The Balaban J connectivity index is 1.79. The van der Waals surface area contributed by atoms with E-state index in [9.17, 15) is 0 Å². The van der Waals surface area contributed by atoms with E-state index in [0.717, 1.165) is 11.5 Å². The molecule has 19 heavy (non-hydrogen) atoms. The molecular weight excluding hydrogens is 236 g/mol. The SMILES string of the molecule is NCC(Nc1cccc2nccn12)C1CCCCC1. The Morgan fingerprint density at radius 1 is 1.32 bits per heavy atom. The molecule has 1 aliphatic rings. The molecule has 0 aromatic carbocycles. The first kappa shape index (κ1) is 12.5. The van der Waals surface area contributed by atoms with Gasteiger partial charge in [-0.25, -0.2) is 4.98 Å². The molecular formula is C15H22N4. The van der Waals surface area contributed by atoms with Gasteiger partial charge in [0.2, 0.25) is 0 Å². The van der Waals surface area contributed by atoms with Crippen LogP contribution in [0.15, 0.2) is 30.6 Å². The minimum absolute atomic E-state index is 0.369. The highest BCUT2D eigenvalue weighted by atomic mass is 15.1. The van der Waals surface area contributed by atoms with Crippen molar-refractivity contribution in [2.75, 3.05) is 11.9 Å². The van der Waals surface area contributed by atoms with Gasteiger partial charge in [-0.1, -0.05) is 25.3 Å². The van der Waals surface area contributed by atoms with E-state index in [-0.39, 0.29) is 0 Å². The Morgan fingerprint density at radius 2 is 2.16 bits per heavy atom. The van der Waals surface area contributed by atoms with Crippen LogP contribution in [0.2, 0.25) is 0 Å². The predicted molar refractivity (Wildman–Crippen MR) is 78.2 cm³/mol. The van der Waals surface area contributed by atoms with Gasteiger partial charge < -0.3 is 11.1 Å². The third kappa shape index (κ3) is 2.59. The van der Waals surface area contributed by atoms with Crippen LogP contribution in [0, 0.1) is 5.92 Å². The first-order valence-corrected chi connectivity index (χ1v) is 7.27. The van der Waals surface area contributed by atoms with Gasteiger partial charge in [-0.3, -0.25) is 4.40 Å². The van der Waals surface area contributed by atoms with E-state index in [4.69, 9.17) is 5.73 Å². The molecule has 1 unspecified atom stereocenters. The zero-order chi connectivity index (χ0) is 13.1. The van der Waals surface area contributed by atoms with E-state index >= 15 is 0 Å². The molecule has 2 aromatic heterocycles. The minimum Gasteiger partial charge on any atom is -0.367 e. The first-order chi connectivity index (χ1) is 9.38. The molecule has 3 N–H and O–H groups in total.